The molecule has 0 unspecified atom stereocenters. The van der Waals surface area contributed by atoms with Gasteiger partial charge < -0.3 is 20.9 Å². The van der Waals surface area contributed by atoms with Crippen LogP contribution in [0.1, 0.15) is 40.1 Å². The van der Waals surface area contributed by atoms with Crippen molar-refractivity contribution in [1.29, 1.82) is 0 Å². The maximum atomic E-state index is 16.2. The van der Waals surface area contributed by atoms with Gasteiger partial charge in [0.2, 0.25) is 5.56 Å². The molecule has 2 amide bonds. The summed E-state index contributed by atoms with van der Waals surface area (Å²) < 4.78 is 102. The molecule has 42 heavy (non-hydrogen) atoms. The average molecular weight is 600 g/mol. The second-order valence-electron chi connectivity index (χ2n) is 9.96. The van der Waals surface area contributed by atoms with Gasteiger partial charge >= 0.3 is 6.18 Å². The molecule has 0 bridgehead atoms. The number of benzene rings is 2. The number of aromatic amines is 1. The number of carbonyl (C=O) groups is 2. The van der Waals surface area contributed by atoms with Crippen molar-refractivity contribution in [3.8, 4) is 11.1 Å². The van der Waals surface area contributed by atoms with Gasteiger partial charge in [0.05, 0.1) is 27.9 Å². The number of nitrogens with one attached hydrogen (secondary N) is 2. The number of amides is 2. The molecule has 0 saturated carbocycles. The normalized spacial score (nSPS) is 17.8. The Morgan fingerprint density at radius 1 is 0.952 bits per heavy atom. The molecule has 3 aromatic rings. The van der Waals surface area contributed by atoms with Crippen molar-refractivity contribution in [2.24, 2.45) is 5.73 Å². The topological polar surface area (TPSA) is 112 Å². The van der Waals surface area contributed by atoms with E-state index in [0.29, 0.717) is 12.3 Å². The van der Waals surface area contributed by atoms with Crippen molar-refractivity contribution in [2.45, 2.75) is 32.1 Å². The maximum absolute atomic E-state index is 16.2. The standard InChI is InChI=1S/C27H24F7N5O3/c1-11-9-39(10-12(2)38(11)3)20-7-19(30)22(13-4-14(25(35)41)18(29)6-17(13)28)23(31)24(20)37-26(42)15-8-36-21(40)5-16(15)27(32,33)34/h4-8,11-12H,9-10H2,1-3H3,(H2,35,41)(H,36,40)(H,37,42)/t11-,12+. The van der Waals surface area contributed by atoms with Crippen LogP contribution in [0.15, 0.2) is 35.3 Å². The van der Waals surface area contributed by atoms with Gasteiger partial charge in [-0.1, -0.05) is 0 Å². The summed E-state index contributed by atoms with van der Waals surface area (Å²) in [7, 11) is 1.82. The Kier molecular flexibility index (Phi) is 8.09. The van der Waals surface area contributed by atoms with Crippen molar-refractivity contribution < 1.29 is 40.3 Å². The van der Waals surface area contributed by atoms with Crippen molar-refractivity contribution in [2.75, 3.05) is 30.4 Å². The summed E-state index contributed by atoms with van der Waals surface area (Å²) in [5.41, 5.74) is -2.81. The van der Waals surface area contributed by atoms with Crippen molar-refractivity contribution in [3.63, 3.8) is 0 Å². The van der Waals surface area contributed by atoms with Gasteiger partial charge in [-0.3, -0.25) is 19.3 Å². The number of rotatable bonds is 5. The Hall–Kier alpha value is -4.40. The molecule has 4 N–H and O–H groups in total. The Balaban J connectivity index is 1.95. The lowest BCUT2D eigenvalue weighted by Crippen LogP contribution is -2.55. The first kappa shape index (κ1) is 30.6. The van der Waals surface area contributed by atoms with E-state index in [1.165, 1.54) is 4.90 Å². The van der Waals surface area contributed by atoms with Crippen LogP contribution in [0.2, 0.25) is 0 Å². The molecule has 0 aliphatic carbocycles. The van der Waals surface area contributed by atoms with Crippen LogP contribution in [-0.2, 0) is 6.18 Å². The van der Waals surface area contributed by atoms with Crippen molar-refractivity contribution >= 4 is 23.2 Å². The highest BCUT2D eigenvalue weighted by Crippen LogP contribution is 2.41. The molecule has 0 spiro atoms. The Bertz CT molecular complexity index is 1630. The quantitative estimate of drug-likeness (QED) is 0.374. The summed E-state index contributed by atoms with van der Waals surface area (Å²) in [6, 6.07) is 1.23. The number of nitrogens with zero attached hydrogens (tertiary/aromatic N) is 2. The van der Waals surface area contributed by atoms with E-state index < -0.39 is 80.3 Å². The number of piperazine rings is 1. The fourth-order valence-corrected chi connectivity index (χ4v) is 4.83. The molecule has 1 fully saturated rings. The largest absolute Gasteiger partial charge is 0.417 e. The average Bonchev–Trinajstić information content (AvgIpc) is 2.88. The minimum Gasteiger partial charge on any atom is -0.367 e. The summed E-state index contributed by atoms with van der Waals surface area (Å²) >= 11 is 0. The molecule has 224 valence electrons. The number of aromatic nitrogens is 1. The number of likely N-dealkylation sites (N-methyl/N-ethyl adjacent to an activating group) is 1. The first-order chi connectivity index (χ1) is 19.5. The van der Waals surface area contributed by atoms with Gasteiger partial charge in [0.15, 0.2) is 5.82 Å². The van der Waals surface area contributed by atoms with E-state index in [-0.39, 0.29) is 43.0 Å². The second-order valence-corrected chi connectivity index (χ2v) is 9.96. The van der Waals surface area contributed by atoms with Crippen LogP contribution >= 0.6 is 0 Å². The minimum absolute atomic E-state index is 0.144. The summed E-state index contributed by atoms with van der Waals surface area (Å²) in [6.07, 6.45) is -4.66. The SMILES string of the molecule is C[C@@H]1CN(c2cc(F)c(-c3cc(C(N)=O)c(F)cc3F)c(F)c2NC(=O)c2c[nH]c(=O)cc2C(F)(F)F)C[C@H](C)N1C. The van der Waals surface area contributed by atoms with Crippen LogP contribution in [0.3, 0.4) is 0 Å². The molecular formula is C27H24F7N5O3. The molecule has 1 aromatic heterocycles. The smallest absolute Gasteiger partial charge is 0.367 e. The van der Waals surface area contributed by atoms with E-state index in [9.17, 15) is 36.3 Å². The molecule has 2 aromatic carbocycles. The molecule has 1 aliphatic rings. The van der Waals surface area contributed by atoms with E-state index in [1.807, 2.05) is 36.1 Å². The fraction of sp³-hybridized carbons (Fsp3) is 0.296. The number of anilines is 2. The summed E-state index contributed by atoms with van der Waals surface area (Å²) in [5, 5.41) is 2.02. The zero-order valence-corrected chi connectivity index (χ0v) is 22.3. The number of pyridine rings is 1. The molecule has 4 rings (SSSR count). The van der Waals surface area contributed by atoms with Gasteiger partial charge in [-0.05, 0) is 27.0 Å². The van der Waals surface area contributed by atoms with Gasteiger partial charge in [-0.25, -0.2) is 17.6 Å². The van der Waals surface area contributed by atoms with Crippen LogP contribution in [0.4, 0.5) is 42.1 Å². The lowest BCUT2D eigenvalue weighted by atomic mass is 9.97. The maximum Gasteiger partial charge on any atom is 0.417 e. The number of nitrogens with two attached hydrogens (primary N) is 1. The van der Waals surface area contributed by atoms with Crippen LogP contribution < -0.4 is 21.5 Å². The number of H-pyrrole nitrogens is 1. The Morgan fingerprint density at radius 3 is 2.14 bits per heavy atom. The van der Waals surface area contributed by atoms with Gasteiger partial charge in [0.25, 0.3) is 11.8 Å². The van der Waals surface area contributed by atoms with Gasteiger partial charge in [0.1, 0.15) is 23.1 Å². The van der Waals surface area contributed by atoms with Crippen LogP contribution in [-0.4, -0.2) is 53.9 Å². The Labute approximate surface area is 233 Å². The van der Waals surface area contributed by atoms with Crippen molar-refractivity contribution in [1.82, 2.24) is 9.88 Å². The highest BCUT2D eigenvalue weighted by molar-refractivity contribution is 6.07. The van der Waals surface area contributed by atoms with Crippen molar-refractivity contribution in [3.05, 3.63) is 80.8 Å². The Morgan fingerprint density at radius 2 is 1.57 bits per heavy atom. The highest BCUT2D eigenvalue weighted by Gasteiger charge is 2.37. The summed E-state index contributed by atoms with van der Waals surface area (Å²) in [6.45, 7) is 3.98. The van der Waals surface area contributed by atoms with Gasteiger partial charge in [-0.15, -0.1) is 0 Å². The predicted octanol–water partition coefficient (Wildman–Crippen LogP) is 4.50. The fourth-order valence-electron chi connectivity index (χ4n) is 4.83. The lowest BCUT2D eigenvalue weighted by molar-refractivity contribution is -0.138. The van der Waals surface area contributed by atoms with E-state index in [4.69, 9.17) is 5.73 Å². The zero-order chi connectivity index (χ0) is 31.3. The van der Waals surface area contributed by atoms with Crippen LogP contribution in [0.5, 0.6) is 0 Å². The molecule has 8 nitrogen and oxygen atoms in total. The third-order valence-electron chi connectivity index (χ3n) is 7.20. The first-order valence-corrected chi connectivity index (χ1v) is 12.4. The molecule has 1 aliphatic heterocycles. The third kappa shape index (κ3) is 5.68. The molecule has 2 atom stereocenters. The second kappa shape index (κ2) is 11.1. The molecular weight excluding hydrogens is 575 g/mol. The number of hydrogen-bond acceptors (Lipinski definition) is 5. The number of alkyl halides is 3. The number of primary amides is 1. The molecule has 1 saturated heterocycles. The molecule has 15 heteroatoms. The monoisotopic (exact) mass is 599 g/mol. The predicted molar refractivity (Wildman–Crippen MR) is 139 cm³/mol. The molecule has 2 heterocycles. The minimum atomic E-state index is -5.15. The van der Waals surface area contributed by atoms with E-state index in [0.717, 1.165) is 6.07 Å². The third-order valence-corrected chi connectivity index (χ3v) is 7.20. The van der Waals surface area contributed by atoms with Gasteiger partial charge in [-0.2, -0.15) is 13.2 Å². The van der Waals surface area contributed by atoms with E-state index >= 15 is 8.78 Å². The number of hydrogen-bond donors (Lipinski definition) is 3. The molecule has 0 radical (unpaired) electrons. The lowest BCUT2D eigenvalue weighted by Gasteiger charge is -2.44. The first-order valence-electron chi connectivity index (χ1n) is 12.4. The number of carbonyl (C=O) groups excluding carboxylic acids is 2. The van der Waals surface area contributed by atoms with Crippen LogP contribution in [0, 0.1) is 23.3 Å². The number of halogens is 7. The summed E-state index contributed by atoms with van der Waals surface area (Å²) in [5.74, 6) is -8.76. The summed E-state index contributed by atoms with van der Waals surface area (Å²) in [4.78, 5) is 41.7. The highest BCUT2D eigenvalue weighted by atomic mass is 19.4. The zero-order valence-electron chi connectivity index (χ0n) is 22.3. The van der Waals surface area contributed by atoms with Crippen LogP contribution in [0.25, 0.3) is 11.1 Å². The van der Waals surface area contributed by atoms with Gasteiger partial charge in [0, 0.05) is 55.1 Å². The van der Waals surface area contributed by atoms with E-state index in [2.05, 4.69) is 0 Å². The van der Waals surface area contributed by atoms with E-state index in [1.54, 1.807) is 0 Å².